The molecular weight excluding hydrogens is 348 g/mol. The summed E-state index contributed by atoms with van der Waals surface area (Å²) in [4.78, 5) is 8.99. The van der Waals surface area contributed by atoms with Gasteiger partial charge in [0.05, 0.1) is 18.5 Å². The van der Waals surface area contributed by atoms with Crippen molar-refractivity contribution in [3.63, 3.8) is 0 Å². The quantitative estimate of drug-likeness (QED) is 0.492. The number of nitrogens with one attached hydrogen (secondary N) is 1. The van der Waals surface area contributed by atoms with E-state index in [2.05, 4.69) is 21.9 Å². The Bertz CT molecular complexity index is 1020. The van der Waals surface area contributed by atoms with Gasteiger partial charge in [0.25, 0.3) is 0 Å². The van der Waals surface area contributed by atoms with Crippen molar-refractivity contribution in [3.05, 3.63) is 59.5 Å². The highest BCUT2D eigenvalue weighted by molar-refractivity contribution is 6.30. The van der Waals surface area contributed by atoms with Gasteiger partial charge in [0.1, 0.15) is 22.2 Å². The van der Waals surface area contributed by atoms with Gasteiger partial charge in [-0.15, -0.1) is 0 Å². The lowest BCUT2D eigenvalue weighted by Crippen LogP contribution is -1.99. The van der Waals surface area contributed by atoms with Crippen LogP contribution in [0.5, 0.6) is 5.75 Å². The highest BCUT2D eigenvalue weighted by Crippen LogP contribution is 2.37. The van der Waals surface area contributed by atoms with Crippen LogP contribution in [0.4, 0.5) is 11.4 Å². The van der Waals surface area contributed by atoms with E-state index in [4.69, 9.17) is 16.3 Å². The largest absolute Gasteiger partial charge is 0.494 e. The topological polar surface area (TPSA) is 52.0 Å². The van der Waals surface area contributed by atoms with Crippen molar-refractivity contribution in [2.75, 3.05) is 12.4 Å². The number of fused-ring (bicyclic) bond motifs is 1. The van der Waals surface area contributed by atoms with Gasteiger partial charge in [0.15, 0.2) is 5.65 Å². The van der Waals surface area contributed by atoms with E-state index in [0.29, 0.717) is 5.15 Å². The first-order valence-electron chi connectivity index (χ1n) is 8.22. The van der Waals surface area contributed by atoms with Gasteiger partial charge in [0, 0.05) is 18.7 Å². The summed E-state index contributed by atoms with van der Waals surface area (Å²) < 4.78 is 7.59. The summed E-state index contributed by atoms with van der Waals surface area (Å²) in [6.07, 6.45) is 3.81. The Kier molecular flexibility index (Phi) is 5.00. The van der Waals surface area contributed by atoms with Crippen LogP contribution >= 0.6 is 11.6 Å². The molecule has 0 unspecified atom stereocenters. The molecule has 1 aromatic carbocycles. The zero-order chi connectivity index (χ0) is 18.8. The second-order valence-corrected chi connectivity index (χ2v) is 6.23. The zero-order valence-corrected chi connectivity index (χ0v) is 16.1. The number of anilines is 2. The number of methoxy groups -OCH3 is 1. The van der Waals surface area contributed by atoms with Gasteiger partial charge in [-0.25, -0.2) is 9.97 Å². The third-order valence-corrected chi connectivity index (χ3v) is 4.54. The Hall–Kier alpha value is -2.79. The van der Waals surface area contributed by atoms with Crippen LogP contribution in [-0.4, -0.2) is 21.6 Å². The Labute approximate surface area is 158 Å². The van der Waals surface area contributed by atoms with Crippen LogP contribution in [0.1, 0.15) is 18.3 Å². The molecule has 0 aliphatic rings. The number of ether oxygens (including phenoxy) is 1. The smallest absolute Gasteiger partial charge is 0.163 e. The molecule has 0 bridgehead atoms. The van der Waals surface area contributed by atoms with E-state index in [1.165, 1.54) is 0 Å². The van der Waals surface area contributed by atoms with E-state index in [1.807, 2.05) is 55.8 Å². The Morgan fingerprint density at radius 1 is 1.31 bits per heavy atom. The molecular formula is C20H21ClN4O. The minimum Gasteiger partial charge on any atom is -0.494 e. The first-order valence-corrected chi connectivity index (χ1v) is 8.60. The van der Waals surface area contributed by atoms with E-state index in [-0.39, 0.29) is 0 Å². The normalized spacial score (nSPS) is 11.7. The van der Waals surface area contributed by atoms with E-state index in [0.717, 1.165) is 45.2 Å². The molecule has 6 heteroatoms. The molecule has 0 aliphatic heterocycles. The van der Waals surface area contributed by atoms with Crippen LogP contribution in [0.25, 0.3) is 16.7 Å². The summed E-state index contributed by atoms with van der Waals surface area (Å²) in [5.74, 6) is 1.59. The number of hydrogen-bond acceptors (Lipinski definition) is 4. The van der Waals surface area contributed by atoms with Crippen molar-refractivity contribution >= 4 is 39.7 Å². The number of rotatable bonds is 5. The van der Waals surface area contributed by atoms with Crippen LogP contribution in [0.15, 0.2) is 43.0 Å². The number of aromatic nitrogens is 3. The predicted molar refractivity (Wildman–Crippen MR) is 108 cm³/mol. The van der Waals surface area contributed by atoms with Gasteiger partial charge in [-0.2, -0.15) is 0 Å². The standard InChI is InChI=1S/C20H21ClN4O/c1-6-13(7-2)14-9-8-10-15(19(14)26-5)23-16-11-17(21)24-20-18(16)22-12(3)25(20)4/h6-11H,1H2,2-5H3,(H,23,24)/b13-7+. The molecule has 0 atom stereocenters. The van der Waals surface area contributed by atoms with Crippen molar-refractivity contribution in [2.24, 2.45) is 7.05 Å². The van der Waals surface area contributed by atoms with Gasteiger partial charge in [-0.1, -0.05) is 42.5 Å². The highest BCUT2D eigenvalue weighted by atomic mass is 35.5. The molecule has 0 aliphatic carbocycles. The van der Waals surface area contributed by atoms with Crippen LogP contribution in [-0.2, 0) is 7.05 Å². The third kappa shape index (κ3) is 3.06. The van der Waals surface area contributed by atoms with E-state index in [1.54, 1.807) is 13.2 Å². The minimum atomic E-state index is 0.401. The fourth-order valence-corrected chi connectivity index (χ4v) is 3.12. The first kappa shape index (κ1) is 18.0. The lowest BCUT2D eigenvalue weighted by atomic mass is 10.0. The molecule has 26 heavy (non-hydrogen) atoms. The lowest BCUT2D eigenvalue weighted by Gasteiger charge is -2.16. The number of halogens is 1. The van der Waals surface area contributed by atoms with Gasteiger partial charge < -0.3 is 14.6 Å². The highest BCUT2D eigenvalue weighted by Gasteiger charge is 2.16. The zero-order valence-electron chi connectivity index (χ0n) is 15.3. The molecule has 2 heterocycles. The number of aryl methyl sites for hydroxylation is 2. The average molecular weight is 369 g/mol. The molecule has 5 nitrogen and oxygen atoms in total. The monoisotopic (exact) mass is 368 g/mol. The van der Waals surface area contributed by atoms with Crippen molar-refractivity contribution < 1.29 is 4.74 Å². The van der Waals surface area contributed by atoms with Crippen LogP contribution < -0.4 is 10.1 Å². The van der Waals surface area contributed by atoms with Gasteiger partial charge in [0.2, 0.25) is 0 Å². The number of hydrogen-bond donors (Lipinski definition) is 1. The molecule has 3 rings (SSSR count). The number of nitrogens with zero attached hydrogens (tertiary/aromatic N) is 3. The third-order valence-electron chi connectivity index (χ3n) is 4.35. The summed E-state index contributed by atoms with van der Waals surface area (Å²) in [7, 11) is 3.57. The maximum atomic E-state index is 6.23. The fraction of sp³-hybridized carbons (Fsp3) is 0.200. The molecule has 0 spiro atoms. The Balaban J connectivity index is 2.16. The van der Waals surface area contributed by atoms with Crippen molar-refractivity contribution in [2.45, 2.75) is 13.8 Å². The Morgan fingerprint density at radius 3 is 2.73 bits per heavy atom. The molecule has 0 saturated carbocycles. The molecule has 3 aromatic rings. The average Bonchev–Trinajstić information content (AvgIpc) is 2.91. The second-order valence-electron chi connectivity index (χ2n) is 5.84. The molecule has 0 saturated heterocycles. The maximum absolute atomic E-state index is 6.23. The van der Waals surface area contributed by atoms with Crippen molar-refractivity contribution in [3.8, 4) is 5.75 Å². The molecule has 1 N–H and O–H groups in total. The molecule has 2 aromatic heterocycles. The van der Waals surface area contributed by atoms with Gasteiger partial charge in [-0.05, 0) is 25.5 Å². The van der Waals surface area contributed by atoms with E-state index >= 15 is 0 Å². The first-order chi connectivity index (χ1) is 12.5. The molecule has 0 radical (unpaired) electrons. The summed E-state index contributed by atoms with van der Waals surface area (Å²) in [6.45, 7) is 7.78. The van der Waals surface area contributed by atoms with Crippen LogP contribution in [0.2, 0.25) is 5.15 Å². The Morgan fingerprint density at radius 2 is 2.08 bits per heavy atom. The van der Waals surface area contributed by atoms with Crippen molar-refractivity contribution in [1.29, 1.82) is 0 Å². The van der Waals surface area contributed by atoms with Crippen LogP contribution in [0, 0.1) is 6.92 Å². The summed E-state index contributed by atoms with van der Waals surface area (Å²) in [5, 5.41) is 3.81. The second kappa shape index (κ2) is 7.22. The summed E-state index contributed by atoms with van der Waals surface area (Å²) in [5.41, 5.74) is 5.04. The van der Waals surface area contributed by atoms with Gasteiger partial charge >= 0.3 is 0 Å². The van der Waals surface area contributed by atoms with Crippen LogP contribution in [0.3, 0.4) is 0 Å². The number of imidazole rings is 1. The summed E-state index contributed by atoms with van der Waals surface area (Å²) >= 11 is 6.23. The van der Waals surface area contributed by atoms with Crippen molar-refractivity contribution in [1.82, 2.24) is 14.5 Å². The maximum Gasteiger partial charge on any atom is 0.163 e. The number of benzene rings is 1. The molecule has 134 valence electrons. The minimum absolute atomic E-state index is 0.401. The number of para-hydroxylation sites is 1. The van der Waals surface area contributed by atoms with Gasteiger partial charge in [-0.3, -0.25) is 0 Å². The molecule has 0 fully saturated rings. The van der Waals surface area contributed by atoms with E-state index in [9.17, 15) is 0 Å². The number of pyridine rings is 1. The SMILES string of the molecule is C=C/C(=C\C)c1cccc(Nc2cc(Cl)nc3c2nc(C)n3C)c1OC. The lowest BCUT2D eigenvalue weighted by molar-refractivity contribution is 0.415. The predicted octanol–water partition coefficient (Wildman–Crippen LogP) is 5.27. The van der Waals surface area contributed by atoms with E-state index < -0.39 is 0 Å². The summed E-state index contributed by atoms with van der Waals surface area (Å²) in [6, 6.07) is 7.69. The fourth-order valence-electron chi connectivity index (χ4n) is 2.93. The number of allylic oxidation sites excluding steroid dienone is 3. The molecule has 0 amide bonds.